The van der Waals surface area contributed by atoms with Crippen molar-refractivity contribution in [3.05, 3.63) is 23.7 Å². The van der Waals surface area contributed by atoms with Gasteiger partial charge in [0.1, 0.15) is 12.0 Å². The molecule has 2 N–H and O–H groups in total. The highest BCUT2D eigenvalue weighted by molar-refractivity contribution is 5.15. The van der Waals surface area contributed by atoms with Gasteiger partial charge in [-0.25, -0.2) is 0 Å². The van der Waals surface area contributed by atoms with Crippen molar-refractivity contribution in [2.45, 2.75) is 12.7 Å². The van der Waals surface area contributed by atoms with E-state index in [9.17, 15) is 13.2 Å². The molecule has 0 atom stereocenters. The molecule has 11 heavy (non-hydrogen) atoms. The number of nitrogens with two attached hydrogens (primary N) is 1. The minimum Gasteiger partial charge on any atom is -0.467 e. The summed E-state index contributed by atoms with van der Waals surface area (Å²) in [7, 11) is 0. The molecular formula is C6H6F3NO. The highest BCUT2D eigenvalue weighted by Gasteiger charge is 2.32. The van der Waals surface area contributed by atoms with Crippen molar-refractivity contribution in [1.82, 2.24) is 0 Å². The first-order valence-electron chi connectivity index (χ1n) is 2.88. The van der Waals surface area contributed by atoms with Gasteiger partial charge in [-0.15, -0.1) is 0 Å². The van der Waals surface area contributed by atoms with Crippen LogP contribution in [-0.2, 0) is 12.7 Å². The average Bonchev–Trinajstić information content (AvgIpc) is 2.32. The Kier molecular flexibility index (Phi) is 1.90. The normalized spacial score (nSPS) is 12.0. The lowest BCUT2D eigenvalue weighted by atomic mass is 10.3. The Bertz CT molecular complexity index is 240. The predicted octanol–water partition coefficient (Wildman–Crippen LogP) is 1.76. The van der Waals surface area contributed by atoms with E-state index in [-0.39, 0.29) is 12.3 Å². The molecule has 2 nitrogen and oxygen atoms in total. The zero-order chi connectivity index (χ0) is 8.48. The topological polar surface area (TPSA) is 39.2 Å². The van der Waals surface area contributed by atoms with Crippen molar-refractivity contribution in [3.63, 3.8) is 0 Å². The van der Waals surface area contributed by atoms with Gasteiger partial charge >= 0.3 is 6.18 Å². The summed E-state index contributed by atoms with van der Waals surface area (Å²) in [6, 6.07) is 0.889. The molecule has 1 rings (SSSR count). The lowest BCUT2D eigenvalue weighted by molar-refractivity contribution is -0.137. The monoisotopic (exact) mass is 165 g/mol. The second-order valence-electron chi connectivity index (χ2n) is 2.00. The van der Waals surface area contributed by atoms with E-state index in [1.54, 1.807) is 0 Å². The average molecular weight is 165 g/mol. The Labute approximate surface area is 60.8 Å². The van der Waals surface area contributed by atoms with Gasteiger partial charge in [-0.05, 0) is 6.07 Å². The maximum absolute atomic E-state index is 11.8. The van der Waals surface area contributed by atoms with Gasteiger partial charge in [0.15, 0.2) is 0 Å². The van der Waals surface area contributed by atoms with Gasteiger partial charge in [0.05, 0.1) is 12.1 Å². The van der Waals surface area contributed by atoms with Crippen LogP contribution in [0.1, 0.15) is 11.3 Å². The first-order valence-corrected chi connectivity index (χ1v) is 2.88. The lowest BCUT2D eigenvalue weighted by Gasteiger charge is -1.99. The van der Waals surface area contributed by atoms with Crippen LogP contribution in [0.15, 0.2) is 16.7 Å². The second kappa shape index (κ2) is 2.58. The zero-order valence-electron chi connectivity index (χ0n) is 5.48. The van der Waals surface area contributed by atoms with Crippen molar-refractivity contribution in [1.29, 1.82) is 0 Å². The first kappa shape index (κ1) is 8.13. The number of alkyl halides is 3. The molecule has 0 amide bonds. The number of hydrogen-bond donors (Lipinski definition) is 1. The van der Waals surface area contributed by atoms with E-state index in [0.717, 1.165) is 6.07 Å². The Morgan fingerprint density at radius 3 is 2.36 bits per heavy atom. The van der Waals surface area contributed by atoms with E-state index in [2.05, 4.69) is 4.42 Å². The first-order chi connectivity index (χ1) is 5.04. The van der Waals surface area contributed by atoms with Gasteiger partial charge in [-0.2, -0.15) is 13.2 Å². The van der Waals surface area contributed by atoms with Crippen LogP contribution in [0.5, 0.6) is 0 Å². The number of rotatable bonds is 1. The minimum atomic E-state index is -4.34. The van der Waals surface area contributed by atoms with Gasteiger partial charge in [0, 0.05) is 0 Å². The SMILES string of the molecule is NCc1cc(C(F)(F)F)co1. The third-order valence-corrected chi connectivity index (χ3v) is 1.18. The summed E-state index contributed by atoms with van der Waals surface area (Å²) in [6.45, 7) is -0.0178. The standard InChI is InChI=1S/C6H6F3NO/c7-6(8,9)4-1-5(2-10)11-3-4/h1,3H,2,10H2. The Hall–Kier alpha value is -0.970. The van der Waals surface area contributed by atoms with Gasteiger partial charge in [0.25, 0.3) is 0 Å². The van der Waals surface area contributed by atoms with Crippen LogP contribution in [0.3, 0.4) is 0 Å². The fraction of sp³-hybridized carbons (Fsp3) is 0.333. The molecule has 1 aromatic rings. The predicted molar refractivity (Wildman–Crippen MR) is 31.6 cm³/mol. The molecule has 0 unspecified atom stereocenters. The molecule has 0 radical (unpaired) electrons. The van der Waals surface area contributed by atoms with Crippen molar-refractivity contribution < 1.29 is 17.6 Å². The summed E-state index contributed by atoms with van der Waals surface area (Å²) in [4.78, 5) is 0. The van der Waals surface area contributed by atoms with E-state index < -0.39 is 11.7 Å². The van der Waals surface area contributed by atoms with Crippen LogP contribution >= 0.6 is 0 Å². The fourth-order valence-electron chi connectivity index (χ4n) is 0.636. The number of furan rings is 1. The largest absolute Gasteiger partial charge is 0.467 e. The molecule has 0 saturated carbocycles. The molecule has 0 bridgehead atoms. The molecule has 0 aliphatic carbocycles. The summed E-state index contributed by atoms with van der Waals surface area (Å²) >= 11 is 0. The van der Waals surface area contributed by atoms with Gasteiger partial charge < -0.3 is 10.2 Å². The smallest absolute Gasteiger partial charge is 0.419 e. The van der Waals surface area contributed by atoms with Crippen molar-refractivity contribution in [3.8, 4) is 0 Å². The number of hydrogen-bond acceptors (Lipinski definition) is 2. The van der Waals surface area contributed by atoms with Crippen molar-refractivity contribution in [2.24, 2.45) is 5.73 Å². The highest BCUT2D eigenvalue weighted by atomic mass is 19.4. The van der Waals surface area contributed by atoms with Gasteiger partial charge in [-0.1, -0.05) is 0 Å². The van der Waals surface area contributed by atoms with Crippen molar-refractivity contribution in [2.75, 3.05) is 0 Å². The van der Waals surface area contributed by atoms with Crippen molar-refractivity contribution >= 4 is 0 Å². The summed E-state index contributed by atoms with van der Waals surface area (Å²) in [5.41, 5.74) is 4.25. The Morgan fingerprint density at radius 2 is 2.09 bits per heavy atom. The third kappa shape index (κ3) is 1.74. The quantitative estimate of drug-likeness (QED) is 0.688. The molecule has 0 spiro atoms. The van der Waals surface area contributed by atoms with Crippen LogP contribution in [0.4, 0.5) is 13.2 Å². The maximum atomic E-state index is 11.8. The van der Waals surface area contributed by atoms with E-state index in [1.165, 1.54) is 0 Å². The van der Waals surface area contributed by atoms with Crippen LogP contribution in [0.25, 0.3) is 0 Å². The van der Waals surface area contributed by atoms with Crippen LogP contribution in [0.2, 0.25) is 0 Å². The summed E-state index contributed by atoms with van der Waals surface area (Å²) < 4.78 is 40.0. The molecule has 0 saturated heterocycles. The second-order valence-corrected chi connectivity index (χ2v) is 2.00. The van der Waals surface area contributed by atoms with Gasteiger partial charge in [0.2, 0.25) is 0 Å². The maximum Gasteiger partial charge on any atom is 0.419 e. The molecule has 62 valence electrons. The third-order valence-electron chi connectivity index (χ3n) is 1.18. The molecular weight excluding hydrogens is 159 g/mol. The summed E-state index contributed by atoms with van der Waals surface area (Å²) in [6.07, 6.45) is -3.68. The van der Waals surface area contributed by atoms with Crippen LogP contribution < -0.4 is 5.73 Å². The molecule has 0 aliphatic rings. The minimum absolute atomic E-state index is 0.0178. The summed E-state index contributed by atoms with van der Waals surface area (Å²) in [5, 5.41) is 0. The number of halogens is 3. The van der Waals surface area contributed by atoms with Crippen LogP contribution in [0, 0.1) is 0 Å². The molecule has 1 heterocycles. The molecule has 0 fully saturated rings. The highest BCUT2D eigenvalue weighted by Crippen LogP contribution is 2.30. The van der Waals surface area contributed by atoms with Gasteiger partial charge in [-0.3, -0.25) is 0 Å². The lowest BCUT2D eigenvalue weighted by Crippen LogP contribution is -2.02. The molecule has 5 heteroatoms. The van der Waals surface area contributed by atoms with Crippen LogP contribution in [-0.4, -0.2) is 0 Å². The Balaban J connectivity index is 2.89. The van der Waals surface area contributed by atoms with E-state index in [1.807, 2.05) is 0 Å². The zero-order valence-corrected chi connectivity index (χ0v) is 5.48. The van der Waals surface area contributed by atoms with E-state index in [0.29, 0.717) is 6.26 Å². The fourth-order valence-corrected chi connectivity index (χ4v) is 0.636. The molecule has 0 aliphatic heterocycles. The molecule has 1 aromatic heterocycles. The molecule has 0 aromatic carbocycles. The van der Waals surface area contributed by atoms with E-state index in [4.69, 9.17) is 5.73 Å². The summed E-state index contributed by atoms with van der Waals surface area (Å²) in [5.74, 6) is 0.136. The van der Waals surface area contributed by atoms with E-state index >= 15 is 0 Å². The Morgan fingerprint density at radius 1 is 1.45 bits per heavy atom.